The van der Waals surface area contributed by atoms with Crippen molar-refractivity contribution in [1.29, 1.82) is 0 Å². The Morgan fingerprint density at radius 3 is 3.05 bits per heavy atom. The lowest BCUT2D eigenvalue weighted by Gasteiger charge is -2.28. The summed E-state index contributed by atoms with van der Waals surface area (Å²) in [6, 6.07) is 0.516. The first-order valence-electron chi connectivity index (χ1n) is 7.33. The molecule has 5 nitrogen and oxygen atoms in total. The second kappa shape index (κ2) is 7.22. The highest BCUT2D eigenvalue weighted by molar-refractivity contribution is 9.10. The maximum Gasteiger partial charge on any atom is 0.282 e. The number of nitrogens with one attached hydrogen (secondary N) is 1. The van der Waals surface area contributed by atoms with Crippen LogP contribution in [0.2, 0.25) is 0 Å². The Labute approximate surface area is 128 Å². The van der Waals surface area contributed by atoms with Gasteiger partial charge in [-0.25, -0.2) is 4.68 Å². The molecule has 2 rings (SSSR count). The summed E-state index contributed by atoms with van der Waals surface area (Å²) < 4.78 is 1.98. The average Bonchev–Trinajstić information content (AvgIpc) is 2.94. The molecule has 0 spiro atoms. The van der Waals surface area contributed by atoms with Crippen LogP contribution in [0.25, 0.3) is 0 Å². The van der Waals surface area contributed by atoms with Gasteiger partial charge in [0.15, 0.2) is 0 Å². The lowest BCUT2D eigenvalue weighted by atomic mass is 10.2. The summed E-state index contributed by atoms with van der Waals surface area (Å²) in [4.78, 5) is 14.3. The van der Waals surface area contributed by atoms with Crippen LogP contribution in [0.3, 0.4) is 0 Å². The van der Waals surface area contributed by atoms with Crippen LogP contribution in [-0.2, 0) is 7.05 Å². The molecule has 20 heavy (non-hydrogen) atoms. The van der Waals surface area contributed by atoms with E-state index >= 15 is 0 Å². The zero-order valence-corrected chi connectivity index (χ0v) is 13.8. The molecule has 0 aromatic carbocycles. The largest absolute Gasteiger partial charge is 0.368 e. The molecule has 1 aromatic heterocycles. The van der Waals surface area contributed by atoms with Crippen molar-refractivity contribution in [2.45, 2.75) is 38.6 Å². The van der Waals surface area contributed by atoms with Crippen molar-refractivity contribution in [3.63, 3.8) is 0 Å². The summed E-state index contributed by atoms with van der Waals surface area (Å²) in [6.07, 6.45) is 6.50. The molecule has 1 unspecified atom stereocenters. The summed E-state index contributed by atoms with van der Waals surface area (Å²) in [7, 11) is 1.67. The monoisotopic (exact) mass is 342 g/mol. The van der Waals surface area contributed by atoms with Crippen molar-refractivity contribution < 1.29 is 0 Å². The van der Waals surface area contributed by atoms with Gasteiger partial charge < -0.3 is 10.2 Å². The fourth-order valence-electron chi connectivity index (χ4n) is 2.56. The molecule has 0 saturated carbocycles. The van der Waals surface area contributed by atoms with E-state index in [1.807, 2.05) is 0 Å². The van der Waals surface area contributed by atoms with Crippen LogP contribution in [0.4, 0.5) is 5.69 Å². The van der Waals surface area contributed by atoms with Gasteiger partial charge in [0.2, 0.25) is 0 Å². The van der Waals surface area contributed by atoms with Gasteiger partial charge in [0, 0.05) is 26.2 Å². The highest BCUT2D eigenvalue weighted by Crippen LogP contribution is 2.23. The highest BCUT2D eigenvalue weighted by atomic mass is 79.9. The van der Waals surface area contributed by atoms with E-state index in [0.29, 0.717) is 10.5 Å². The van der Waals surface area contributed by atoms with Crippen LogP contribution in [0.15, 0.2) is 15.5 Å². The van der Waals surface area contributed by atoms with Crippen LogP contribution in [0, 0.1) is 0 Å². The summed E-state index contributed by atoms with van der Waals surface area (Å²) in [5.74, 6) is 0. The molecule has 0 aliphatic carbocycles. The van der Waals surface area contributed by atoms with E-state index in [2.05, 4.69) is 38.2 Å². The van der Waals surface area contributed by atoms with Crippen LogP contribution < -0.4 is 15.8 Å². The number of unbranched alkanes of at least 4 members (excludes halogenated alkanes) is 1. The molecule has 112 valence electrons. The number of halogens is 1. The average molecular weight is 343 g/mol. The van der Waals surface area contributed by atoms with Gasteiger partial charge >= 0.3 is 0 Å². The zero-order chi connectivity index (χ0) is 14.5. The second-order valence-corrected chi connectivity index (χ2v) is 6.16. The molecule has 6 heteroatoms. The van der Waals surface area contributed by atoms with Gasteiger partial charge in [0.25, 0.3) is 5.56 Å². The van der Waals surface area contributed by atoms with Gasteiger partial charge in [0.1, 0.15) is 4.47 Å². The van der Waals surface area contributed by atoms with Gasteiger partial charge in [-0.05, 0) is 41.7 Å². The molecule has 1 atom stereocenters. The van der Waals surface area contributed by atoms with Crippen molar-refractivity contribution in [1.82, 2.24) is 15.1 Å². The topological polar surface area (TPSA) is 50.2 Å². The normalized spacial score (nSPS) is 18.4. The lowest BCUT2D eigenvalue weighted by molar-refractivity contribution is 0.569. The quantitative estimate of drug-likeness (QED) is 0.857. The Balaban J connectivity index is 2.20. The predicted octanol–water partition coefficient (Wildman–Crippen LogP) is 1.90. The number of aryl methyl sites for hydroxylation is 1. The fourth-order valence-corrected chi connectivity index (χ4v) is 3.17. The standard InChI is InChI=1S/C14H23BrN4O/c1-3-4-8-19(10-11-6-5-7-16-11)12-9-17-18(2)14(20)13(12)15/h9,11,16H,3-8,10H2,1-2H3. The molecule has 2 heterocycles. The van der Waals surface area contributed by atoms with Gasteiger partial charge in [-0.15, -0.1) is 0 Å². The van der Waals surface area contributed by atoms with Crippen molar-refractivity contribution >= 4 is 21.6 Å². The molecule has 0 amide bonds. The third kappa shape index (κ3) is 3.61. The highest BCUT2D eigenvalue weighted by Gasteiger charge is 2.20. The third-order valence-corrected chi connectivity index (χ3v) is 4.53. The maximum absolute atomic E-state index is 12.0. The van der Waals surface area contributed by atoms with Crippen LogP contribution >= 0.6 is 15.9 Å². The molecular weight excluding hydrogens is 320 g/mol. The molecule has 1 saturated heterocycles. The van der Waals surface area contributed by atoms with E-state index in [1.165, 1.54) is 17.5 Å². The lowest BCUT2D eigenvalue weighted by Crippen LogP contribution is -2.39. The molecule has 1 aliphatic rings. The second-order valence-electron chi connectivity index (χ2n) is 5.37. The molecule has 1 fully saturated rings. The minimum Gasteiger partial charge on any atom is -0.368 e. The van der Waals surface area contributed by atoms with Crippen LogP contribution in [0.5, 0.6) is 0 Å². The summed E-state index contributed by atoms with van der Waals surface area (Å²) >= 11 is 3.44. The van der Waals surface area contributed by atoms with Gasteiger partial charge in [-0.2, -0.15) is 5.10 Å². The minimum absolute atomic E-state index is 0.0802. The Hall–Kier alpha value is -0.880. The van der Waals surface area contributed by atoms with Crippen molar-refractivity contribution in [3.05, 3.63) is 21.0 Å². The number of anilines is 1. The van der Waals surface area contributed by atoms with Crippen molar-refractivity contribution in [3.8, 4) is 0 Å². The number of hydrogen-bond acceptors (Lipinski definition) is 4. The number of aromatic nitrogens is 2. The Kier molecular flexibility index (Phi) is 5.60. The molecule has 1 aliphatic heterocycles. The SMILES string of the molecule is CCCCN(CC1CCCN1)c1cnn(C)c(=O)c1Br. The van der Waals surface area contributed by atoms with E-state index in [4.69, 9.17) is 0 Å². The van der Waals surface area contributed by atoms with E-state index in [1.54, 1.807) is 13.2 Å². The van der Waals surface area contributed by atoms with Crippen LogP contribution in [0.1, 0.15) is 32.6 Å². The summed E-state index contributed by atoms with van der Waals surface area (Å²) in [5.41, 5.74) is 0.832. The third-order valence-electron chi connectivity index (χ3n) is 3.79. The minimum atomic E-state index is -0.0802. The molecule has 0 radical (unpaired) electrons. The molecule has 1 N–H and O–H groups in total. The van der Waals surface area contributed by atoms with Crippen molar-refractivity contribution in [2.75, 3.05) is 24.5 Å². The van der Waals surface area contributed by atoms with E-state index in [0.717, 1.165) is 38.2 Å². The van der Waals surface area contributed by atoms with Crippen molar-refractivity contribution in [2.24, 2.45) is 7.05 Å². The first-order chi connectivity index (χ1) is 9.63. The van der Waals surface area contributed by atoms with Gasteiger partial charge in [-0.3, -0.25) is 4.79 Å². The van der Waals surface area contributed by atoms with E-state index in [-0.39, 0.29) is 5.56 Å². The Bertz CT molecular complexity index is 496. The first-order valence-corrected chi connectivity index (χ1v) is 8.13. The van der Waals surface area contributed by atoms with Gasteiger partial charge in [0.05, 0.1) is 11.9 Å². The Morgan fingerprint density at radius 1 is 1.60 bits per heavy atom. The molecular formula is C14H23BrN4O. The first kappa shape index (κ1) is 15.5. The van der Waals surface area contributed by atoms with E-state index in [9.17, 15) is 4.79 Å². The van der Waals surface area contributed by atoms with E-state index < -0.39 is 0 Å². The summed E-state index contributed by atoms with van der Waals surface area (Å²) in [6.45, 7) is 5.18. The Morgan fingerprint density at radius 2 is 2.40 bits per heavy atom. The molecule has 0 bridgehead atoms. The number of rotatable bonds is 6. The zero-order valence-electron chi connectivity index (χ0n) is 12.2. The number of hydrogen-bond donors (Lipinski definition) is 1. The fraction of sp³-hybridized carbons (Fsp3) is 0.714. The summed E-state index contributed by atoms with van der Waals surface area (Å²) in [5, 5.41) is 7.67. The van der Waals surface area contributed by atoms with Crippen LogP contribution in [-0.4, -0.2) is 35.5 Å². The maximum atomic E-state index is 12.0. The predicted molar refractivity (Wildman–Crippen MR) is 85.3 cm³/mol. The molecule has 1 aromatic rings. The van der Waals surface area contributed by atoms with Gasteiger partial charge in [-0.1, -0.05) is 13.3 Å². The number of nitrogens with zero attached hydrogens (tertiary/aromatic N) is 3. The smallest absolute Gasteiger partial charge is 0.282 e.